The van der Waals surface area contributed by atoms with Crippen molar-refractivity contribution < 1.29 is 14.3 Å². The summed E-state index contributed by atoms with van der Waals surface area (Å²) < 4.78 is 11.5. The summed E-state index contributed by atoms with van der Waals surface area (Å²) in [5.74, 6) is 0.520. The number of likely N-dealkylation sites (tertiary alicyclic amines) is 1. The van der Waals surface area contributed by atoms with E-state index >= 15 is 0 Å². The summed E-state index contributed by atoms with van der Waals surface area (Å²) in [7, 11) is 1.82. The van der Waals surface area contributed by atoms with Gasteiger partial charge in [0.05, 0.1) is 6.10 Å². The number of hydrogen-bond acceptors (Lipinski definition) is 4. The smallest absolute Gasteiger partial charge is 0.410 e. The molecule has 0 N–H and O–H groups in total. The lowest BCUT2D eigenvalue weighted by Crippen LogP contribution is -2.42. The lowest BCUT2D eigenvalue weighted by atomic mass is 9.92. The largest absolute Gasteiger partial charge is 0.415 e. The first-order chi connectivity index (χ1) is 13.6. The van der Waals surface area contributed by atoms with Crippen LogP contribution < -0.4 is 4.74 Å². The van der Waals surface area contributed by atoms with Gasteiger partial charge in [0, 0.05) is 31.3 Å². The lowest BCUT2D eigenvalue weighted by molar-refractivity contribution is 0.00792. The van der Waals surface area contributed by atoms with Crippen molar-refractivity contribution in [1.82, 2.24) is 9.80 Å². The van der Waals surface area contributed by atoms with Crippen molar-refractivity contribution in [2.75, 3.05) is 33.3 Å². The molecule has 0 radical (unpaired) electrons. The fourth-order valence-electron chi connectivity index (χ4n) is 4.14. The Morgan fingerprint density at radius 1 is 1.11 bits per heavy atom. The second-order valence-electron chi connectivity index (χ2n) is 7.99. The Hall–Kier alpha value is -1.30. The van der Waals surface area contributed by atoms with Gasteiger partial charge in [0.15, 0.2) is 0 Å². The summed E-state index contributed by atoms with van der Waals surface area (Å²) in [5, 5.41) is 0.627. The molecule has 1 heterocycles. The molecule has 5 nitrogen and oxygen atoms in total. The standard InChI is InChI=1S/C22H33ClN2O3/c1-24(22(26)28-21-10-6-18(23)7-11-21)19-8-12-20(13-9-19)27-17-5-16-25-14-3-2-4-15-25/h6-7,10-11,19-20H,2-5,8-9,12-17H2,1H3/t19-,20-. The van der Waals surface area contributed by atoms with Crippen LogP contribution in [0.5, 0.6) is 5.75 Å². The zero-order chi connectivity index (χ0) is 19.8. The van der Waals surface area contributed by atoms with E-state index in [2.05, 4.69) is 4.90 Å². The highest BCUT2D eigenvalue weighted by Gasteiger charge is 2.28. The lowest BCUT2D eigenvalue weighted by Gasteiger charge is -2.34. The number of carbonyl (C=O) groups excluding carboxylic acids is 1. The van der Waals surface area contributed by atoms with Crippen LogP contribution >= 0.6 is 11.6 Å². The Labute approximate surface area is 173 Å². The first-order valence-electron chi connectivity index (χ1n) is 10.7. The molecule has 3 rings (SSSR count). The first-order valence-corrected chi connectivity index (χ1v) is 11.0. The topological polar surface area (TPSA) is 42.0 Å². The summed E-state index contributed by atoms with van der Waals surface area (Å²) >= 11 is 5.87. The number of ether oxygens (including phenoxy) is 2. The predicted molar refractivity (Wildman–Crippen MR) is 112 cm³/mol. The van der Waals surface area contributed by atoms with Crippen LogP contribution in [0.2, 0.25) is 5.02 Å². The van der Waals surface area contributed by atoms with Gasteiger partial charge in [0.1, 0.15) is 5.75 Å². The minimum absolute atomic E-state index is 0.216. The molecule has 1 aromatic carbocycles. The summed E-state index contributed by atoms with van der Waals surface area (Å²) in [6, 6.07) is 7.08. The van der Waals surface area contributed by atoms with Crippen molar-refractivity contribution in [3.05, 3.63) is 29.3 Å². The molecule has 1 aromatic rings. The van der Waals surface area contributed by atoms with Crippen LogP contribution in [0.15, 0.2) is 24.3 Å². The molecule has 0 atom stereocenters. The van der Waals surface area contributed by atoms with Gasteiger partial charge in [-0.3, -0.25) is 0 Å². The van der Waals surface area contributed by atoms with E-state index in [0.29, 0.717) is 16.9 Å². The van der Waals surface area contributed by atoms with Crippen LogP contribution in [0.25, 0.3) is 0 Å². The van der Waals surface area contributed by atoms with Crippen molar-refractivity contribution in [3.63, 3.8) is 0 Å². The number of rotatable bonds is 7. The van der Waals surface area contributed by atoms with Crippen LogP contribution in [-0.4, -0.2) is 61.3 Å². The molecule has 28 heavy (non-hydrogen) atoms. The number of piperidine rings is 1. The fraction of sp³-hybridized carbons (Fsp3) is 0.682. The molecular formula is C22H33ClN2O3. The summed E-state index contributed by atoms with van der Waals surface area (Å²) in [6.45, 7) is 4.52. The summed E-state index contributed by atoms with van der Waals surface area (Å²) in [6.07, 6.45) is 9.15. The van der Waals surface area contributed by atoms with Gasteiger partial charge in [-0.1, -0.05) is 18.0 Å². The zero-order valence-corrected chi connectivity index (χ0v) is 17.7. The molecular weight excluding hydrogens is 376 g/mol. The average Bonchev–Trinajstić information content (AvgIpc) is 2.73. The van der Waals surface area contributed by atoms with E-state index in [1.807, 2.05) is 7.05 Å². The normalized spacial score (nSPS) is 23.4. The number of hydrogen-bond donors (Lipinski definition) is 0. The molecule has 1 amide bonds. The highest BCUT2D eigenvalue weighted by molar-refractivity contribution is 6.30. The van der Waals surface area contributed by atoms with Crippen molar-refractivity contribution >= 4 is 17.7 Å². The second-order valence-corrected chi connectivity index (χ2v) is 8.43. The van der Waals surface area contributed by atoms with Crippen LogP contribution in [0, 0.1) is 0 Å². The van der Waals surface area contributed by atoms with Gasteiger partial charge in [-0.05, 0) is 82.3 Å². The molecule has 2 aliphatic rings. The zero-order valence-electron chi connectivity index (χ0n) is 16.9. The van der Waals surface area contributed by atoms with E-state index in [1.165, 1.54) is 32.4 Å². The van der Waals surface area contributed by atoms with Crippen LogP contribution in [0.1, 0.15) is 51.4 Å². The average molecular weight is 409 g/mol. The van der Waals surface area contributed by atoms with E-state index in [0.717, 1.165) is 45.3 Å². The van der Waals surface area contributed by atoms with Gasteiger partial charge in [-0.25, -0.2) is 4.79 Å². The number of amides is 1. The molecule has 1 aliphatic heterocycles. The Balaban J connectivity index is 1.31. The monoisotopic (exact) mass is 408 g/mol. The molecule has 1 aliphatic carbocycles. The quantitative estimate of drug-likeness (QED) is 0.597. The maximum atomic E-state index is 12.4. The molecule has 1 saturated carbocycles. The maximum absolute atomic E-state index is 12.4. The third-order valence-electron chi connectivity index (χ3n) is 5.92. The van der Waals surface area contributed by atoms with Crippen LogP contribution in [0.3, 0.4) is 0 Å². The maximum Gasteiger partial charge on any atom is 0.415 e. The van der Waals surface area contributed by atoms with Crippen LogP contribution in [-0.2, 0) is 4.74 Å². The molecule has 2 fully saturated rings. The summed E-state index contributed by atoms with van der Waals surface area (Å²) in [4.78, 5) is 16.7. The van der Waals surface area contributed by atoms with Crippen molar-refractivity contribution in [2.24, 2.45) is 0 Å². The van der Waals surface area contributed by atoms with E-state index in [9.17, 15) is 4.79 Å². The Morgan fingerprint density at radius 2 is 1.79 bits per heavy atom. The molecule has 0 bridgehead atoms. The Morgan fingerprint density at radius 3 is 2.46 bits per heavy atom. The molecule has 0 unspecified atom stereocenters. The minimum atomic E-state index is -0.312. The van der Waals surface area contributed by atoms with Gasteiger partial charge < -0.3 is 19.3 Å². The van der Waals surface area contributed by atoms with E-state index in [-0.39, 0.29) is 12.1 Å². The number of nitrogens with zero attached hydrogens (tertiary/aromatic N) is 2. The van der Waals surface area contributed by atoms with Gasteiger partial charge >= 0.3 is 6.09 Å². The van der Waals surface area contributed by atoms with E-state index < -0.39 is 0 Å². The predicted octanol–water partition coefficient (Wildman–Crippen LogP) is 4.97. The first kappa shape index (κ1) is 21.4. The number of halogens is 1. The third-order valence-corrected chi connectivity index (χ3v) is 6.17. The second kappa shape index (κ2) is 11.0. The Kier molecular flexibility index (Phi) is 8.44. The molecule has 6 heteroatoms. The number of benzene rings is 1. The highest BCUT2D eigenvalue weighted by Crippen LogP contribution is 2.26. The van der Waals surface area contributed by atoms with Crippen molar-refractivity contribution in [1.29, 1.82) is 0 Å². The molecule has 1 saturated heterocycles. The van der Waals surface area contributed by atoms with Crippen molar-refractivity contribution in [2.45, 2.75) is 63.5 Å². The molecule has 156 valence electrons. The van der Waals surface area contributed by atoms with E-state index in [4.69, 9.17) is 21.1 Å². The number of carbonyl (C=O) groups is 1. The van der Waals surface area contributed by atoms with Gasteiger partial charge in [-0.2, -0.15) is 0 Å². The highest BCUT2D eigenvalue weighted by atomic mass is 35.5. The minimum Gasteiger partial charge on any atom is -0.410 e. The van der Waals surface area contributed by atoms with E-state index in [1.54, 1.807) is 29.2 Å². The van der Waals surface area contributed by atoms with Crippen molar-refractivity contribution in [3.8, 4) is 5.75 Å². The molecule has 0 aromatic heterocycles. The van der Waals surface area contributed by atoms with Gasteiger partial charge in [-0.15, -0.1) is 0 Å². The van der Waals surface area contributed by atoms with Gasteiger partial charge in [0.2, 0.25) is 0 Å². The molecule has 0 spiro atoms. The van der Waals surface area contributed by atoms with Crippen LogP contribution in [0.4, 0.5) is 4.79 Å². The fourth-order valence-corrected chi connectivity index (χ4v) is 4.27. The van der Waals surface area contributed by atoms with Gasteiger partial charge in [0.25, 0.3) is 0 Å². The summed E-state index contributed by atoms with van der Waals surface area (Å²) in [5.41, 5.74) is 0. The SMILES string of the molecule is CN(C(=O)Oc1ccc(Cl)cc1)[C@H]1CC[C@H](OCCCN2CCCCC2)CC1. The Bertz CT molecular complexity index is 596. The third kappa shape index (κ3) is 6.64.